The maximum absolute atomic E-state index is 9.98. The number of hydrogen-bond acceptors (Lipinski definition) is 5. The molecule has 0 aromatic heterocycles. The van der Waals surface area contributed by atoms with Crippen molar-refractivity contribution in [3.8, 4) is 5.75 Å². The van der Waals surface area contributed by atoms with E-state index in [1.807, 2.05) is 6.07 Å². The van der Waals surface area contributed by atoms with Gasteiger partial charge in [-0.05, 0) is 31.5 Å². The van der Waals surface area contributed by atoms with Crippen LogP contribution in [0, 0.1) is 0 Å². The lowest BCUT2D eigenvalue weighted by molar-refractivity contribution is 0.0288. The molecule has 104 valence electrons. The molecule has 1 heterocycles. The van der Waals surface area contributed by atoms with Gasteiger partial charge in [0.25, 0.3) is 0 Å². The first-order valence-electron chi connectivity index (χ1n) is 6.04. The summed E-state index contributed by atoms with van der Waals surface area (Å²) in [6.07, 6.45) is -0.356. The highest BCUT2D eigenvalue weighted by Crippen LogP contribution is 2.33. The summed E-state index contributed by atoms with van der Waals surface area (Å²) in [5, 5.41) is 19.7. The Morgan fingerprint density at radius 2 is 2.21 bits per heavy atom. The Morgan fingerprint density at radius 3 is 2.79 bits per heavy atom. The summed E-state index contributed by atoms with van der Waals surface area (Å²) < 4.78 is 11.8. The Hall–Kier alpha value is -0.595. The highest BCUT2D eigenvalue weighted by molar-refractivity contribution is 9.10. The predicted molar refractivity (Wildman–Crippen MR) is 76.4 cm³/mol. The number of halogens is 1. The van der Waals surface area contributed by atoms with Crippen molar-refractivity contribution >= 4 is 28.5 Å². The second kappa shape index (κ2) is 5.42. The minimum atomic E-state index is -1.06. The van der Waals surface area contributed by atoms with Crippen LogP contribution < -0.4 is 15.9 Å². The van der Waals surface area contributed by atoms with Crippen LogP contribution >= 0.6 is 15.9 Å². The number of ether oxygens (including phenoxy) is 1. The SMILES string of the molecule is CC(C)(O)COc1ccc(Br)c2c1B(O)OC2CN. The van der Waals surface area contributed by atoms with E-state index in [-0.39, 0.29) is 19.3 Å². The second-order valence-corrected chi connectivity index (χ2v) is 6.04. The van der Waals surface area contributed by atoms with Gasteiger partial charge in [-0.15, -0.1) is 0 Å². The molecule has 0 saturated heterocycles. The molecule has 0 aliphatic carbocycles. The number of fused-ring (bicyclic) bond motifs is 1. The molecule has 5 nitrogen and oxygen atoms in total. The van der Waals surface area contributed by atoms with Crippen molar-refractivity contribution in [2.45, 2.75) is 25.6 Å². The maximum Gasteiger partial charge on any atom is 0.495 e. The Morgan fingerprint density at radius 1 is 1.53 bits per heavy atom. The monoisotopic (exact) mass is 329 g/mol. The zero-order chi connectivity index (χ0) is 14.2. The van der Waals surface area contributed by atoms with Crippen molar-refractivity contribution in [3.63, 3.8) is 0 Å². The number of rotatable bonds is 4. The van der Waals surface area contributed by atoms with Crippen LogP contribution in [0.5, 0.6) is 5.75 Å². The zero-order valence-corrected chi connectivity index (χ0v) is 12.5. The molecule has 1 aromatic carbocycles. The molecule has 2 rings (SSSR count). The van der Waals surface area contributed by atoms with E-state index in [9.17, 15) is 10.1 Å². The molecule has 0 amide bonds. The Bertz CT molecular complexity index is 478. The fourth-order valence-electron chi connectivity index (χ4n) is 2.02. The molecular weight excluding hydrogens is 313 g/mol. The van der Waals surface area contributed by atoms with E-state index in [0.717, 1.165) is 10.0 Å². The lowest BCUT2D eigenvalue weighted by Crippen LogP contribution is -2.33. The summed E-state index contributed by atoms with van der Waals surface area (Å²) in [6.45, 7) is 3.71. The molecule has 19 heavy (non-hydrogen) atoms. The quantitative estimate of drug-likeness (QED) is 0.693. The molecule has 1 unspecified atom stereocenters. The van der Waals surface area contributed by atoms with E-state index in [2.05, 4.69) is 15.9 Å². The first-order valence-corrected chi connectivity index (χ1v) is 6.84. The molecule has 1 atom stereocenters. The normalized spacial score (nSPS) is 18.6. The number of hydrogen-bond donors (Lipinski definition) is 3. The minimum Gasteiger partial charge on any atom is -0.491 e. The highest BCUT2D eigenvalue weighted by Gasteiger charge is 2.39. The van der Waals surface area contributed by atoms with Gasteiger partial charge in [0.05, 0.1) is 11.7 Å². The lowest BCUT2D eigenvalue weighted by Gasteiger charge is -2.19. The van der Waals surface area contributed by atoms with E-state index in [1.165, 1.54) is 0 Å². The first-order chi connectivity index (χ1) is 8.83. The van der Waals surface area contributed by atoms with Gasteiger partial charge < -0.3 is 25.3 Å². The summed E-state index contributed by atoms with van der Waals surface area (Å²) in [4.78, 5) is 0. The maximum atomic E-state index is 9.98. The fourth-order valence-corrected chi connectivity index (χ4v) is 2.62. The molecule has 0 spiro atoms. The molecule has 1 aliphatic rings. The van der Waals surface area contributed by atoms with Crippen molar-refractivity contribution in [2.75, 3.05) is 13.2 Å². The smallest absolute Gasteiger partial charge is 0.491 e. The number of nitrogens with two attached hydrogens (primary N) is 1. The van der Waals surface area contributed by atoms with E-state index < -0.39 is 12.7 Å². The van der Waals surface area contributed by atoms with Crippen LogP contribution in [0.3, 0.4) is 0 Å². The molecule has 1 aliphatic heterocycles. The van der Waals surface area contributed by atoms with Crippen molar-refractivity contribution in [1.29, 1.82) is 0 Å². The van der Waals surface area contributed by atoms with Gasteiger partial charge in [0, 0.05) is 16.5 Å². The van der Waals surface area contributed by atoms with Gasteiger partial charge in [-0.1, -0.05) is 15.9 Å². The standard InChI is InChI=1S/C12H17BBrNO4/c1-12(2,16)6-18-8-4-3-7(14)10-9(5-15)19-13(17)11(8)10/h3-4,9,16-17H,5-6,15H2,1-2H3. The average molecular weight is 330 g/mol. The Balaban J connectivity index is 2.35. The average Bonchev–Trinajstić information content (AvgIpc) is 2.66. The number of aliphatic hydroxyl groups is 1. The molecular formula is C12H17BBrNO4. The molecule has 0 radical (unpaired) electrons. The van der Waals surface area contributed by atoms with Crippen molar-refractivity contribution in [3.05, 3.63) is 22.2 Å². The van der Waals surface area contributed by atoms with E-state index in [4.69, 9.17) is 15.1 Å². The molecule has 0 saturated carbocycles. The van der Waals surface area contributed by atoms with Gasteiger partial charge in [0.15, 0.2) is 0 Å². The van der Waals surface area contributed by atoms with Crippen LogP contribution in [0.15, 0.2) is 16.6 Å². The third kappa shape index (κ3) is 3.12. The summed E-state index contributed by atoms with van der Waals surface area (Å²) in [7, 11) is -1.06. The Labute approximate surface area is 121 Å². The fraction of sp³-hybridized carbons (Fsp3) is 0.500. The Kier molecular flexibility index (Phi) is 4.22. The first kappa shape index (κ1) is 14.8. The van der Waals surface area contributed by atoms with E-state index >= 15 is 0 Å². The third-order valence-corrected chi connectivity index (χ3v) is 3.54. The third-order valence-electron chi connectivity index (χ3n) is 2.85. The minimum absolute atomic E-state index is 0.126. The highest BCUT2D eigenvalue weighted by atomic mass is 79.9. The largest absolute Gasteiger partial charge is 0.495 e. The molecule has 4 N–H and O–H groups in total. The van der Waals surface area contributed by atoms with E-state index in [1.54, 1.807) is 19.9 Å². The van der Waals surface area contributed by atoms with Gasteiger partial charge in [-0.2, -0.15) is 0 Å². The van der Waals surface area contributed by atoms with E-state index in [0.29, 0.717) is 11.2 Å². The zero-order valence-electron chi connectivity index (χ0n) is 10.9. The van der Waals surface area contributed by atoms with Crippen molar-refractivity contribution < 1.29 is 19.5 Å². The molecule has 1 aromatic rings. The lowest BCUT2D eigenvalue weighted by atomic mass is 9.78. The summed E-state index contributed by atoms with van der Waals surface area (Å²) in [5.74, 6) is 0.503. The molecule has 0 bridgehead atoms. The van der Waals surface area contributed by atoms with Crippen molar-refractivity contribution in [2.24, 2.45) is 5.73 Å². The predicted octanol–water partition coefficient (Wildman–Crippen LogP) is 0.316. The van der Waals surface area contributed by atoms with Gasteiger partial charge in [-0.3, -0.25) is 0 Å². The van der Waals surface area contributed by atoms with Crippen LogP contribution in [0.2, 0.25) is 0 Å². The summed E-state index contributed by atoms with van der Waals surface area (Å²) >= 11 is 3.43. The van der Waals surface area contributed by atoms with Crippen LogP contribution in [-0.2, 0) is 4.65 Å². The van der Waals surface area contributed by atoms with Gasteiger partial charge in [-0.25, -0.2) is 0 Å². The second-order valence-electron chi connectivity index (χ2n) is 5.19. The van der Waals surface area contributed by atoms with Crippen LogP contribution in [0.4, 0.5) is 0 Å². The van der Waals surface area contributed by atoms with Crippen molar-refractivity contribution in [1.82, 2.24) is 0 Å². The molecule has 7 heteroatoms. The number of benzene rings is 1. The van der Waals surface area contributed by atoms with Crippen LogP contribution in [0.1, 0.15) is 25.5 Å². The summed E-state index contributed by atoms with van der Waals surface area (Å²) in [5.41, 5.74) is 6.07. The van der Waals surface area contributed by atoms with Crippen LogP contribution in [-0.4, -0.2) is 36.0 Å². The van der Waals surface area contributed by atoms with Gasteiger partial charge >= 0.3 is 7.12 Å². The van der Waals surface area contributed by atoms with Gasteiger partial charge in [0.2, 0.25) is 0 Å². The van der Waals surface area contributed by atoms with Crippen LogP contribution in [0.25, 0.3) is 0 Å². The molecule has 0 fully saturated rings. The van der Waals surface area contributed by atoms with Gasteiger partial charge in [0.1, 0.15) is 12.4 Å². The summed E-state index contributed by atoms with van der Waals surface area (Å²) in [6, 6.07) is 3.56. The topological polar surface area (TPSA) is 84.9 Å².